The van der Waals surface area contributed by atoms with E-state index in [1.807, 2.05) is 18.2 Å². The van der Waals surface area contributed by atoms with Gasteiger partial charge >= 0.3 is 0 Å². The van der Waals surface area contributed by atoms with E-state index in [0.717, 1.165) is 10.0 Å². The molecule has 0 aliphatic rings. The largest absolute Gasteiger partial charge is 1.00 e. The smallest absolute Gasteiger partial charge is 0.255 e. The summed E-state index contributed by atoms with van der Waals surface area (Å²) in [5.41, 5.74) is 6.08. The van der Waals surface area contributed by atoms with Gasteiger partial charge in [0.05, 0.1) is 0 Å². The van der Waals surface area contributed by atoms with Crippen LogP contribution in [-0.2, 0) is 11.3 Å². The Bertz CT molecular complexity index is 433. The number of carbonyl (C=O) groups excluding carboxylic acids is 1. The van der Waals surface area contributed by atoms with Crippen molar-refractivity contribution in [3.63, 3.8) is 0 Å². The van der Waals surface area contributed by atoms with E-state index in [9.17, 15) is 4.79 Å². The van der Waals surface area contributed by atoms with Crippen LogP contribution >= 0.6 is 15.9 Å². The Labute approximate surface area is 128 Å². The summed E-state index contributed by atoms with van der Waals surface area (Å²) < 4.78 is 6.36. The number of halogens is 2. The molecular weight excluding hydrogens is 332 g/mol. The molecule has 0 heterocycles. The topological polar surface area (TPSA) is 64.3 Å². The van der Waals surface area contributed by atoms with Crippen LogP contribution in [0.5, 0.6) is 5.75 Å². The molecule has 19 heavy (non-hydrogen) atoms. The summed E-state index contributed by atoms with van der Waals surface area (Å²) in [6, 6.07) is 5.67. The molecule has 0 bridgehead atoms. The van der Waals surface area contributed by atoms with Crippen LogP contribution in [-0.4, -0.2) is 18.1 Å². The summed E-state index contributed by atoms with van der Waals surface area (Å²) >= 11 is 3.42. The highest BCUT2D eigenvalue weighted by molar-refractivity contribution is 9.10. The fourth-order valence-electron chi connectivity index (χ4n) is 1.34. The van der Waals surface area contributed by atoms with Gasteiger partial charge in [-0.25, -0.2) is 0 Å². The standard InChI is InChI=1S/C13H19BrN2O2.ClH/c1-13(2,3)16-7-9-6-10(14)4-5-11(9)18-8-12(15)17;/h4-6,16H,7-8H2,1-3H3,(H2,15,17);1H/p-1. The first-order chi connectivity index (χ1) is 8.28. The fraction of sp³-hybridized carbons (Fsp3) is 0.462. The maximum Gasteiger partial charge on any atom is 0.255 e. The fourth-order valence-corrected chi connectivity index (χ4v) is 1.74. The molecule has 1 aromatic rings. The highest BCUT2D eigenvalue weighted by Crippen LogP contribution is 2.23. The number of nitrogens with one attached hydrogen (secondary N) is 1. The van der Waals surface area contributed by atoms with Gasteiger partial charge in [0.2, 0.25) is 0 Å². The summed E-state index contributed by atoms with van der Waals surface area (Å²) in [5.74, 6) is 0.196. The highest BCUT2D eigenvalue weighted by Gasteiger charge is 2.11. The quantitative estimate of drug-likeness (QED) is 0.731. The third-order valence-corrected chi connectivity index (χ3v) is 2.69. The molecule has 0 radical (unpaired) electrons. The number of carbonyl (C=O) groups is 1. The molecule has 0 saturated carbocycles. The average Bonchev–Trinajstić information content (AvgIpc) is 2.23. The van der Waals surface area contributed by atoms with Gasteiger partial charge in [0, 0.05) is 22.1 Å². The van der Waals surface area contributed by atoms with Crippen LogP contribution in [0.15, 0.2) is 22.7 Å². The average molecular weight is 351 g/mol. The maximum absolute atomic E-state index is 10.7. The van der Waals surface area contributed by atoms with Crippen molar-refractivity contribution in [3.8, 4) is 5.75 Å². The lowest BCUT2D eigenvalue weighted by Crippen LogP contribution is -3.00. The Morgan fingerprint density at radius 1 is 1.42 bits per heavy atom. The zero-order valence-electron chi connectivity index (χ0n) is 11.3. The van der Waals surface area contributed by atoms with Gasteiger partial charge in [-0.2, -0.15) is 0 Å². The van der Waals surface area contributed by atoms with E-state index >= 15 is 0 Å². The minimum Gasteiger partial charge on any atom is -1.00 e. The zero-order chi connectivity index (χ0) is 13.8. The van der Waals surface area contributed by atoms with E-state index in [4.69, 9.17) is 10.5 Å². The second-order valence-electron chi connectivity index (χ2n) is 5.11. The van der Waals surface area contributed by atoms with Gasteiger partial charge in [0.1, 0.15) is 5.75 Å². The predicted molar refractivity (Wildman–Crippen MR) is 75.4 cm³/mol. The zero-order valence-corrected chi connectivity index (χ0v) is 13.6. The lowest BCUT2D eigenvalue weighted by Gasteiger charge is -2.21. The van der Waals surface area contributed by atoms with Crippen molar-refractivity contribution in [2.75, 3.05) is 6.61 Å². The maximum atomic E-state index is 10.7. The molecule has 0 aliphatic carbocycles. The molecule has 0 atom stereocenters. The summed E-state index contributed by atoms with van der Waals surface area (Å²) in [6.45, 7) is 6.83. The van der Waals surface area contributed by atoms with Crippen molar-refractivity contribution in [1.82, 2.24) is 5.32 Å². The first-order valence-corrected chi connectivity index (χ1v) is 6.52. The predicted octanol–water partition coefficient (Wildman–Crippen LogP) is -0.795. The molecule has 0 unspecified atom stereocenters. The number of rotatable bonds is 5. The van der Waals surface area contributed by atoms with Gasteiger partial charge in [-0.3, -0.25) is 4.79 Å². The van der Waals surface area contributed by atoms with Gasteiger partial charge in [-0.05, 0) is 39.0 Å². The van der Waals surface area contributed by atoms with Crippen LogP contribution in [0.3, 0.4) is 0 Å². The lowest BCUT2D eigenvalue weighted by molar-refractivity contribution is -0.119. The Hall–Kier alpha value is -0.780. The van der Waals surface area contributed by atoms with E-state index in [-0.39, 0.29) is 24.6 Å². The molecule has 4 nitrogen and oxygen atoms in total. The Kier molecular flexibility index (Phi) is 7.41. The third kappa shape index (κ3) is 7.40. The lowest BCUT2D eigenvalue weighted by atomic mass is 10.1. The SMILES string of the molecule is CC(C)(C)NCc1cc(Br)ccc1OCC(N)=O.[Cl-]. The molecule has 1 rings (SSSR count). The van der Waals surface area contributed by atoms with Crippen molar-refractivity contribution < 1.29 is 21.9 Å². The van der Waals surface area contributed by atoms with Gasteiger partial charge in [0.15, 0.2) is 6.61 Å². The van der Waals surface area contributed by atoms with E-state index in [1.165, 1.54) is 0 Å². The van der Waals surface area contributed by atoms with Crippen LogP contribution in [0.2, 0.25) is 0 Å². The molecule has 0 aliphatic heterocycles. The number of amides is 1. The summed E-state index contributed by atoms with van der Waals surface area (Å²) in [6.07, 6.45) is 0. The van der Waals surface area contributed by atoms with Gasteiger partial charge in [0.25, 0.3) is 5.91 Å². The van der Waals surface area contributed by atoms with Crippen molar-refractivity contribution in [2.45, 2.75) is 32.9 Å². The van der Waals surface area contributed by atoms with Gasteiger partial charge in [-0.1, -0.05) is 15.9 Å². The van der Waals surface area contributed by atoms with Crippen molar-refractivity contribution >= 4 is 21.8 Å². The molecule has 0 saturated heterocycles. The van der Waals surface area contributed by atoms with Gasteiger partial charge < -0.3 is 28.2 Å². The molecule has 6 heteroatoms. The van der Waals surface area contributed by atoms with Crippen molar-refractivity contribution in [3.05, 3.63) is 28.2 Å². The van der Waals surface area contributed by atoms with Crippen LogP contribution in [0.4, 0.5) is 0 Å². The third-order valence-electron chi connectivity index (χ3n) is 2.20. The summed E-state index contributed by atoms with van der Waals surface area (Å²) in [7, 11) is 0. The summed E-state index contributed by atoms with van der Waals surface area (Å²) in [4.78, 5) is 10.7. The number of ether oxygens (including phenoxy) is 1. The molecule has 1 aromatic carbocycles. The van der Waals surface area contributed by atoms with Crippen LogP contribution in [0, 0.1) is 0 Å². The number of primary amides is 1. The minimum absolute atomic E-state index is 0. The molecular formula is C13H19BrClN2O2-. The Morgan fingerprint density at radius 3 is 2.58 bits per heavy atom. The first kappa shape index (κ1) is 18.2. The Balaban J connectivity index is 0.00000324. The number of hydrogen-bond donors (Lipinski definition) is 2. The molecule has 1 amide bonds. The van der Waals surface area contributed by atoms with Crippen LogP contribution in [0.1, 0.15) is 26.3 Å². The van der Waals surface area contributed by atoms with Crippen LogP contribution in [0.25, 0.3) is 0 Å². The molecule has 108 valence electrons. The van der Waals surface area contributed by atoms with E-state index in [2.05, 4.69) is 42.0 Å². The number of benzene rings is 1. The Morgan fingerprint density at radius 2 is 2.05 bits per heavy atom. The second kappa shape index (κ2) is 7.72. The van der Waals surface area contributed by atoms with E-state index in [1.54, 1.807) is 0 Å². The summed E-state index contributed by atoms with van der Waals surface area (Å²) in [5, 5.41) is 3.38. The number of hydrogen-bond acceptors (Lipinski definition) is 3. The van der Waals surface area contributed by atoms with Crippen molar-refractivity contribution in [1.29, 1.82) is 0 Å². The first-order valence-electron chi connectivity index (χ1n) is 5.72. The van der Waals surface area contributed by atoms with E-state index in [0.29, 0.717) is 12.3 Å². The second-order valence-corrected chi connectivity index (χ2v) is 6.03. The minimum atomic E-state index is -0.479. The molecule has 0 spiro atoms. The normalized spacial score (nSPS) is 10.7. The molecule has 0 aromatic heterocycles. The van der Waals surface area contributed by atoms with Crippen LogP contribution < -0.4 is 28.2 Å². The highest BCUT2D eigenvalue weighted by atomic mass is 79.9. The van der Waals surface area contributed by atoms with E-state index < -0.39 is 5.91 Å². The number of nitrogens with two attached hydrogens (primary N) is 1. The molecule has 3 N–H and O–H groups in total. The van der Waals surface area contributed by atoms with Crippen molar-refractivity contribution in [2.24, 2.45) is 5.73 Å². The monoisotopic (exact) mass is 349 g/mol. The molecule has 0 fully saturated rings. The van der Waals surface area contributed by atoms with Gasteiger partial charge in [-0.15, -0.1) is 0 Å².